The maximum Gasteiger partial charge on any atom is 0.274 e. The molecule has 1 heterocycles. The fourth-order valence-corrected chi connectivity index (χ4v) is 2.60. The smallest absolute Gasteiger partial charge is 0.274 e. The van der Waals surface area contributed by atoms with Crippen LogP contribution in [0.1, 0.15) is 21.9 Å². The summed E-state index contributed by atoms with van der Waals surface area (Å²) < 4.78 is 0. The van der Waals surface area contributed by atoms with E-state index in [4.69, 9.17) is 11.6 Å². The van der Waals surface area contributed by atoms with E-state index in [1.807, 2.05) is 49.4 Å². The zero-order chi connectivity index (χ0) is 17.8. The summed E-state index contributed by atoms with van der Waals surface area (Å²) in [5.74, 6) is 0.776. The summed E-state index contributed by atoms with van der Waals surface area (Å²) in [4.78, 5) is 21.0. The molecule has 5 nitrogen and oxygen atoms in total. The highest BCUT2D eigenvalue weighted by atomic mass is 35.5. The first-order valence-corrected chi connectivity index (χ1v) is 8.14. The first-order chi connectivity index (χ1) is 12.0. The number of aromatic nitrogens is 2. The largest absolute Gasteiger partial charge is 0.340 e. The predicted octanol–water partition coefficient (Wildman–Crippen LogP) is 4.74. The van der Waals surface area contributed by atoms with E-state index in [9.17, 15) is 4.79 Å². The summed E-state index contributed by atoms with van der Waals surface area (Å²) >= 11 is 5.98. The number of anilines is 3. The van der Waals surface area contributed by atoms with Crippen molar-refractivity contribution in [2.24, 2.45) is 0 Å². The summed E-state index contributed by atoms with van der Waals surface area (Å²) in [6.45, 7) is 3.70. The number of benzene rings is 2. The molecule has 0 atom stereocenters. The van der Waals surface area contributed by atoms with Crippen molar-refractivity contribution >= 4 is 34.7 Å². The highest BCUT2D eigenvalue weighted by molar-refractivity contribution is 6.30. The van der Waals surface area contributed by atoms with Crippen molar-refractivity contribution in [2.75, 3.05) is 10.6 Å². The van der Waals surface area contributed by atoms with E-state index in [1.54, 1.807) is 19.1 Å². The summed E-state index contributed by atoms with van der Waals surface area (Å²) in [6, 6.07) is 16.4. The summed E-state index contributed by atoms with van der Waals surface area (Å²) in [7, 11) is 0. The van der Waals surface area contributed by atoms with Crippen LogP contribution < -0.4 is 10.6 Å². The lowest BCUT2D eigenvalue weighted by Crippen LogP contribution is -2.15. The SMILES string of the molecule is Cc1nc(Nc2ccc(Cl)cc2C)cc(C(=O)Nc2ccccc2)n1. The predicted molar refractivity (Wildman–Crippen MR) is 101 cm³/mol. The van der Waals surface area contributed by atoms with Crippen molar-refractivity contribution in [3.05, 3.63) is 76.7 Å². The molecule has 0 aliphatic carbocycles. The Morgan fingerprint density at radius 1 is 1.00 bits per heavy atom. The van der Waals surface area contributed by atoms with Gasteiger partial charge in [0.1, 0.15) is 17.3 Å². The molecule has 0 aliphatic heterocycles. The monoisotopic (exact) mass is 352 g/mol. The normalized spacial score (nSPS) is 10.4. The van der Waals surface area contributed by atoms with Crippen molar-refractivity contribution in [3.63, 3.8) is 0 Å². The van der Waals surface area contributed by atoms with E-state index < -0.39 is 0 Å². The standard InChI is InChI=1S/C19H17ClN4O/c1-12-10-14(20)8-9-16(12)24-18-11-17(21-13(2)22-18)19(25)23-15-6-4-3-5-7-15/h3-11H,1-2H3,(H,23,25)(H,21,22,24). The third-order valence-electron chi connectivity index (χ3n) is 3.55. The second kappa shape index (κ2) is 7.32. The van der Waals surface area contributed by atoms with Gasteiger partial charge in [-0.05, 0) is 49.7 Å². The zero-order valence-electron chi connectivity index (χ0n) is 13.9. The minimum Gasteiger partial charge on any atom is -0.340 e. The van der Waals surface area contributed by atoms with Gasteiger partial charge in [0.15, 0.2) is 0 Å². The second-order valence-corrected chi connectivity index (χ2v) is 6.03. The Morgan fingerprint density at radius 2 is 1.76 bits per heavy atom. The molecule has 3 aromatic rings. The lowest BCUT2D eigenvalue weighted by Gasteiger charge is -2.11. The first-order valence-electron chi connectivity index (χ1n) is 7.76. The van der Waals surface area contributed by atoms with Crippen LogP contribution >= 0.6 is 11.6 Å². The van der Waals surface area contributed by atoms with Crippen molar-refractivity contribution < 1.29 is 4.79 Å². The van der Waals surface area contributed by atoms with Crippen LogP contribution in [0.2, 0.25) is 5.02 Å². The maximum absolute atomic E-state index is 12.4. The average Bonchev–Trinajstić information content (AvgIpc) is 2.58. The molecule has 25 heavy (non-hydrogen) atoms. The molecular weight excluding hydrogens is 336 g/mol. The Bertz CT molecular complexity index is 913. The van der Waals surface area contributed by atoms with E-state index in [0.29, 0.717) is 28.0 Å². The molecule has 0 spiro atoms. The highest BCUT2D eigenvalue weighted by Crippen LogP contribution is 2.23. The Kier molecular flexibility index (Phi) is 4.95. The number of rotatable bonds is 4. The maximum atomic E-state index is 12.4. The molecule has 0 radical (unpaired) electrons. The van der Waals surface area contributed by atoms with Gasteiger partial charge in [-0.3, -0.25) is 4.79 Å². The number of hydrogen-bond donors (Lipinski definition) is 2. The van der Waals surface area contributed by atoms with E-state index >= 15 is 0 Å². The van der Waals surface area contributed by atoms with Crippen molar-refractivity contribution in [1.82, 2.24) is 9.97 Å². The van der Waals surface area contributed by atoms with Gasteiger partial charge in [-0.2, -0.15) is 0 Å². The van der Waals surface area contributed by atoms with Gasteiger partial charge in [0, 0.05) is 22.5 Å². The van der Waals surface area contributed by atoms with E-state index in [0.717, 1.165) is 11.3 Å². The van der Waals surface area contributed by atoms with Gasteiger partial charge in [0.25, 0.3) is 5.91 Å². The van der Waals surface area contributed by atoms with Crippen molar-refractivity contribution in [2.45, 2.75) is 13.8 Å². The molecule has 0 aliphatic rings. The van der Waals surface area contributed by atoms with Crippen LogP contribution in [0.25, 0.3) is 0 Å². The molecule has 0 unspecified atom stereocenters. The van der Waals surface area contributed by atoms with E-state index in [1.165, 1.54) is 0 Å². The van der Waals surface area contributed by atoms with Crippen LogP contribution in [0.15, 0.2) is 54.6 Å². The molecule has 6 heteroatoms. The van der Waals surface area contributed by atoms with Gasteiger partial charge in [0.05, 0.1) is 0 Å². The van der Waals surface area contributed by atoms with Crippen LogP contribution in [-0.4, -0.2) is 15.9 Å². The molecule has 3 rings (SSSR count). The zero-order valence-corrected chi connectivity index (χ0v) is 14.6. The Labute approximate surface area is 151 Å². The average molecular weight is 353 g/mol. The fourth-order valence-electron chi connectivity index (χ4n) is 2.37. The summed E-state index contributed by atoms with van der Waals surface area (Å²) in [5, 5.41) is 6.70. The van der Waals surface area contributed by atoms with Crippen LogP contribution in [0.3, 0.4) is 0 Å². The second-order valence-electron chi connectivity index (χ2n) is 5.59. The molecule has 0 saturated carbocycles. The Hall–Kier alpha value is -2.92. The third-order valence-corrected chi connectivity index (χ3v) is 3.79. The molecule has 0 bridgehead atoms. The molecule has 2 N–H and O–H groups in total. The summed E-state index contributed by atoms with van der Waals surface area (Å²) in [6.07, 6.45) is 0. The third kappa shape index (κ3) is 4.33. The van der Waals surface area contributed by atoms with E-state index in [2.05, 4.69) is 20.6 Å². The Morgan fingerprint density at radius 3 is 2.48 bits per heavy atom. The quantitative estimate of drug-likeness (QED) is 0.711. The molecule has 0 fully saturated rings. The number of nitrogens with one attached hydrogen (secondary N) is 2. The minimum atomic E-state index is -0.285. The number of amides is 1. The number of carbonyl (C=O) groups is 1. The van der Waals surface area contributed by atoms with Gasteiger partial charge in [-0.25, -0.2) is 9.97 Å². The van der Waals surface area contributed by atoms with Crippen LogP contribution in [0, 0.1) is 13.8 Å². The fraction of sp³-hybridized carbons (Fsp3) is 0.105. The topological polar surface area (TPSA) is 66.9 Å². The molecule has 1 amide bonds. The van der Waals surface area contributed by atoms with Gasteiger partial charge in [-0.15, -0.1) is 0 Å². The van der Waals surface area contributed by atoms with E-state index in [-0.39, 0.29) is 5.91 Å². The number of aryl methyl sites for hydroxylation is 2. The molecule has 2 aromatic carbocycles. The number of para-hydroxylation sites is 1. The first kappa shape index (κ1) is 16.9. The van der Waals surface area contributed by atoms with Crippen LogP contribution in [0.5, 0.6) is 0 Å². The molecule has 0 saturated heterocycles. The molecule has 126 valence electrons. The highest BCUT2D eigenvalue weighted by Gasteiger charge is 2.11. The van der Waals surface area contributed by atoms with Gasteiger partial charge < -0.3 is 10.6 Å². The lowest BCUT2D eigenvalue weighted by atomic mass is 10.2. The van der Waals surface area contributed by atoms with Crippen LogP contribution in [-0.2, 0) is 0 Å². The lowest BCUT2D eigenvalue weighted by molar-refractivity contribution is 0.102. The van der Waals surface area contributed by atoms with Crippen molar-refractivity contribution in [1.29, 1.82) is 0 Å². The summed E-state index contributed by atoms with van der Waals surface area (Å²) in [5.41, 5.74) is 2.87. The molecular formula is C19H17ClN4O. The van der Waals surface area contributed by atoms with Crippen LogP contribution in [0.4, 0.5) is 17.2 Å². The molecule has 1 aromatic heterocycles. The van der Waals surface area contributed by atoms with Crippen molar-refractivity contribution in [3.8, 4) is 0 Å². The van der Waals surface area contributed by atoms with Gasteiger partial charge in [-0.1, -0.05) is 29.8 Å². The van der Waals surface area contributed by atoms with Gasteiger partial charge in [0.2, 0.25) is 0 Å². The number of halogens is 1. The number of hydrogen-bond acceptors (Lipinski definition) is 4. The van der Waals surface area contributed by atoms with Gasteiger partial charge >= 0.3 is 0 Å². The Balaban J connectivity index is 1.84. The number of carbonyl (C=O) groups excluding carboxylic acids is 1. The number of nitrogens with zero attached hydrogens (tertiary/aromatic N) is 2. The minimum absolute atomic E-state index is 0.285.